The minimum atomic E-state index is -0.209. The highest BCUT2D eigenvalue weighted by atomic mass is 16.5. The van der Waals surface area contributed by atoms with Crippen molar-refractivity contribution < 1.29 is 14.3 Å². The molecular weight excluding hydrogens is 230 g/mol. The topological polar surface area (TPSA) is 38.8 Å². The van der Waals surface area contributed by atoms with Gasteiger partial charge in [0.2, 0.25) is 5.91 Å². The second-order valence-electron chi connectivity index (χ2n) is 5.22. The summed E-state index contributed by atoms with van der Waals surface area (Å²) in [5.74, 6) is 1.71. The fourth-order valence-corrected chi connectivity index (χ4v) is 2.27. The summed E-state index contributed by atoms with van der Waals surface area (Å²) < 4.78 is 10.5. The summed E-state index contributed by atoms with van der Waals surface area (Å²) in [4.78, 5) is 13.7. The molecule has 1 amide bonds. The number of likely N-dealkylation sites (tertiary alicyclic amines) is 1. The van der Waals surface area contributed by atoms with E-state index in [-0.39, 0.29) is 11.3 Å². The zero-order valence-electron chi connectivity index (χ0n) is 11.3. The van der Waals surface area contributed by atoms with Crippen molar-refractivity contribution in [2.45, 2.75) is 20.4 Å². The summed E-state index contributed by atoms with van der Waals surface area (Å²) in [5.41, 5.74) is 0.793. The summed E-state index contributed by atoms with van der Waals surface area (Å²) >= 11 is 0. The number of amides is 1. The highest BCUT2D eigenvalue weighted by Crippen LogP contribution is 2.34. The van der Waals surface area contributed by atoms with Gasteiger partial charge in [0.25, 0.3) is 0 Å². The van der Waals surface area contributed by atoms with Crippen molar-refractivity contribution in [3.8, 4) is 11.5 Å². The quantitative estimate of drug-likeness (QED) is 0.767. The van der Waals surface area contributed by atoms with Gasteiger partial charge < -0.3 is 14.4 Å². The molecule has 4 nitrogen and oxygen atoms in total. The van der Waals surface area contributed by atoms with Crippen molar-refractivity contribution in [2.75, 3.05) is 20.8 Å². The summed E-state index contributed by atoms with van der Waals surface area (Å²) in [5, 5.41) is 0. The van der Waals surface area contributed by atoms with Gasteiger partial charge in [-0.3, -0.25) is 4.79 Å². The number of benzene rings is 1. The fourth-order valence-electron chi connectivity index (χ4n) is 2.27. The number of rotatable bonds is 4. The van der Waals surface area contributed by atoms with Gasteiger partial charge in [-0.2, -0.15) is 0 Å². The third-order valence-corrected chi connectivity index (χ3v) is 3.31. The molecule has 0 aliphatic carbocycles. The van der Waals surface area contributed by atoms with Crippen molar-refractivity contribution >= 4 is 5.91 Å². The molecule has 1 aliphatic heterocycles. The molecule has 0 N–H and O–H groups in total. The van der Waals surface area contributed by atoms with Crippen LogP contribution in [0.5, 0.6) is 11.5 Å². The molecule has 0 radical (unpaired) electrons. The van der Waals surface area contributed by atoms with Gasteiger partial charge in [-0.15, -0.1) is 0 Å². The number of hydrogen-bond acceptors (Lipinski definition) is 3. The molecule has 0 unspecified atom stereocenters. The first kappa shape index (κ1) is 12.7. The lowest BCUT2D eigenvalue weighted by Crippen LogP contribution is -2.57. The second-order valence-corrected chi connectivity index (χ2v) is 5.22. The lowest BCUT2D eigenvalue weighted by atomic mass is 9.83. The maximum Gasteiger partial charge on any atom is 0.230 e. The average Bonchev–Trinajstić information content (AvgIpc) is 2.37. The maximum atomic E-state index is 11.9. The predicted octanol–water partition coefficient (Wildman–Crippen LogP) is 2.07. The number of nitrogens with zero attached hydrogens (tertiary/aromatic N) is 1. The van der Waals surface area contributed by atoms with Gasteiger partial charge in [0, 0.05) is 24.7 Å². The van der Waals surface area contributed by atoms with Crippen LogP contribution in [0.2, 0.25) is 0 Å². The Morgan fingerprint density at radius 3 is 2.50 bits per heavy atom. The van der Waals surface area contributed by atoms with Gasteiger partial charge in [0.1, 0.15) is 11.5 Å². The van der Waals surface area contributed by atoms with Gasteiger partial charge >= 0.3 is 0 Å². The number of carbonyl (C=O) groups is 1. The van der Waals surface area contributed by atoms with Crippen LogP contribution in [0.25, 0.3) is 0 Å². The van der Waals surface area contributed by atoms with Crippen LogP contribution in [0.3, 0.4) is 0 Å². The van der Waals surface area contributed by atoms with Crippen LogP contribution >= 0.6 is 0 Å². The van der Waals surface area contributed by atoms with Crippen molar-refractivity contribution in [1.82, 2.24) is 4.90 Å². The van der Waals surface area contributed by atoms with E-state index in [4.69, 9.17) is 9.47 Å². The second kappa shape index (κ2) is 4.52. The van der Waals surface area contributed by atoms with Gasteiger partial charge in [0.15, 0.2) is 0 Å². The fraction of sp³-hybridized carbons (Fsp3) is 0.500. The first-order valence-corrected chi connectivity index (χ1v) is 5.98. The molecule has 18 heavy (non-hydrogen) atoms. The average molecular weight is 249 g/mol. The standard InChI is InChI=1S/C14H19NO3/c1-14(2)9-15(13(14)16)8-10-5-6-11(17-3)7-12(10)18-4/h5-7H,8-9H2,1-4H3. The van der Waals surface area contributed by atoms with Crippen LogP contribution in [0.1, 0.15) is 19.4 Å². The van der Waals surface area contributed by atoms with Crippen LogP contribution in [-0.4, -0.2) is 31.6 Å². The molecule has 1 aromatic rings. The molecule has 1 fully saturated rings. The molecule has 0 spiro atoms. The predicted molar refractivity (Wildman–Crippen MR) is 68.7 cm³/mol. The van der Waals surface area contributed by atoms with E-state index < -0.39 is 0 Å². The zero-order valence-corrected chi connectivity index (χ0v) is 11.3. The van der Waals surface area contributed by atoms with E-state index in [1.54, 1.807) is 14.2 Å². The number of β-lactam (4-membered cyclic amide) rings is 1. The number of hydrogen-bond donors (Lipinski definition) is 0. The summed E-state index contributed by atoms with van der Waals surface area (Å²) in [7, 11) is 3.25. The van der Waals surface area contributed by atoms with Crippen LogP contribution in [0.15, 0.2) is 18.2 Å². The van der Waals surface area contributed by atoms with Crippen LogP contribution < -0.4 is 9.47 Å². The SMILES string of the molecule is COc1ccc(CN2CC(C)(C)C2=O)c(OC)c1. The van der Waals surface area contributed by atoms with Gasteiger partial charge in [-0.05, 0) is 26.0 Å². The largest absolute Gasteiger partial charge is 0.497 e. The molecule has 4 heteroatoms. The molecule has 0 atom stereocenters. The smallest absolute Gasteiger partial charge is 0.230 e. The van der Waals surface area contributed by atoms with E-state index in [2.05, 4.69) is 0 Å². The molecule has 98 valence electrons. The van der Waals surface area contributed by atoms with Crippen LogP contribution in [-0.2, 0) is 11.3 Å². The van der Waals surface area contributed by atoms with E-state index in [1.165, 1.54) is 0 Å². The van der Waals surface area contributed by atoms with E-state index in [9.17, 15) is 4.79 Å². The molecular formula is C14H19NO3. The van der Waals surface area contributed by atoms with Crippen LogP contribution in [0, 0.1) is 5.41 Å². The van der Waals surface area contributed by atoms with E-state index in [1.807, 2.05) is 36.9 Å². The normalized spacial score (nSPS) is 17.3. The van der Waals surface area contributed by atoms with Gasteiger partial charge in [0.05, 0.1) is 19.6 Å². The molecule has 0 bridgehead atoms. The van der Waals surface area contributed by atoms with E-state index in [0.29, 0.717) is 6.54 Å². The molecule has 1 saturated heterocycles. The lowest BCUT2D eigenvalue weighted by molar-refractivity contribution is -0.157. The summed E-state index contributed by atoms with van der Waals surface area (Å²) in [6, 6.07) is 5.66. The van der Waals surface area contributed by atoms with Gasteiger partial charge in [-0.1, -0.05) is 0 Å². The van der Waals surface area contributed by atoms with Crippen molar-refractivity contribution in [3.63, 3.8) is 0 Å². The summed E-state index contributed by atoms with van der Waals surface area (Å²) in [6.45, 7) is 5.32. The Balaban J connectivity index is 2.13. The zero-order chi connectivity index (χ0) is 13.3. The molecule has 1 heterocycles. The maximum absolute atomic E-state index is 11.9. The minimum Gasteiger partial charge on any atom is -0.497 e. The molecule has 2 rings (SSSR count). The van der Waals surface area contributed by atoms with Crippen LogP contribution in [0.4, 0.5) is 0 Å². The summed E-state index contributed by atoms with van der Waals surface area (Å²) in [6.07, 6.45) is 0. The molecule has 0 aromatic heterocycles. The Labute approximate surface area is 107 Å². The highest BCUT2D eigenvalue weighted by Gasteiger charge is 2.43. The van der Waals surface area contributed by atoms with Crippen molar-refractivity contribution in [3.05, 3.63) is 23.8 Å². The third kappa shape index (κ3) is 2.15. The Hall–Kier alpha value is -1.71. The first-order chi connectivity index (χ1) is 8.47. The Morgan fingerprint density at radius 2 is 2.00 bits per heavy atom. The Bertz CT molecular complexity index is 468. The lowest BCUT2D eigenvalue weighted by Gasteiger charge is -2.44. The molecule has 0 saturated carbocycles. The third-order valence-electron chi connectivity index (χ3n) is 3.31. The van der Waals surface area contributed by atoms with Crippen molar-refractivity contribution in [1.29, 1.82) is 0 Å². The first-order valence-electron chi connectivity index (χ1n) is 5.98. The minimum absolute atomic E-state index is 0.195. The number of ether oxygens (including phenoxy) is 2. The van der Waals surface area contributed by atoms with E-state index >= 15 is 0 Å². The van der Waals surface area contributed by atoms with E-state index in [0.717, 1.165) is 23.6 Å². The number of carbonyl (C=O) groups excluding carboxylic acids is 1. The Morgan fingerprint density at radius 1 is 1.28 bits per heavy atom. The van der Waals surface area contributed by atoms with Gasteiger partial charge in [-0.25, -0.2) is 0 Å². The Kier molecular flexibility index (Phi) is 3.20. The molecule has 1 aromatic carbocycles. The van der Waals surface area contributed by atoms with Crippen molar-refractivity contribution in [2.24, 2.45) is 5.41 Å². The molecule has 1 aliphatic rings. The monoisotopic (exact) mass is 249 g/mol. The number of methoxy groups -OCH3 is 2. The highest BCUT2D eigenvalue weighted by molar-refractivity contribution is 5.87.